The number of rotatable bonds is 4. The Bertz CT molecular complexity index is 466. The molecule has 1 aliphatic rings. The first-order chi connectivity index (χ1) is 9.47. The van der Waals surface area contributed by atoms with Crippen LogP contribution in [0.15, 0.2) is 24.3 Å². The highest BCUT2D eigenvalue weighted by molar-refractivity contribution is 5.97. The van der Waals surface area contributed by atoms with E-state index in [1.165, 1.54) is 0 Å². The Hall–Kier alpha value is -1.55. The summed E-state index contributed by atoms with van der Waals surface area (Å²) < 4.78 is 5.63. The van der Waals surface area contributed by atoms with Gasteiger partial charge in [0.1, 0.15) is 12.4 Å². The monoisotopic (exact) mass is 276 g/mol. The van der Waals surface area contributed by atoms with Crippen molar-refractivity contribution in [3.05, 3.63) is 29.8 Å². The fourth-order valence-electron chi connectivity index (χ4n) is 2.25. The van der Waals surface area contributed by atoms with Gasteiger partial charge in [-0.2, -0.15) is 0 Å². The normalized spacial score (nSPS) is 15.6. The largest absolute Gasteiger partial charge is 0.491 e. The van der Waals surface area contributed by atoms with Crippen molar-refractivity contribution in [2.45, 2.75) is 32.7 Å². The average molecular weight is 276 g/mol. The molecule has 2 rings (SSSR count). The summed E-state index contributed by atoms with van der Waals surface area (Å²) in [5.74, 6) is 0.779. The van der Waals surface area contributed by atoms with Crippen molar-refractivity contribution in [3.63, 3.8) is 0 Å². The van der Waals surface area contributed by atoms with E-state index in [2.05, 4.69) is 26.1 Å². The summed E-state index contributed by atoms with van der Waals surface area (Å²) in [4.78, 5) is 14.3. The van der Waals surface area contributed by atoms with Gasteiger partial charge in [0.25, 0.3) is 5.91 Å². The molecule has 1 heterocycles. The second kappa shape index (κ2) is 6.27. The van der Waals surface area contributed by atoms with E-state index < -0.39 is 0 Å². The number of nitrogens with zero attached hydrogens (tertiary/aromatic N) is 1. The topological polar surface area (TPSA) is 41.6 Å². The molecule has 0 radical (unpaired) electrons. The highest BCUT2D eigenvalue weighted by atomic mass is 16.5. The zero-order chi connectivity index (χ0) is 14.6. The molecule has 0 unspecified atom stereocenters. The van der Waals surface area contributed by atoms with Crippen molar-refractivity contribution in [2.24, 2.45) is 0 Å². The lowest BCUT2D eigenvalue weighted by molar-refractivity contribution is 0.0753. The molecule has 0 saturated carbocycles. The van der Waals surface area contributed by atoms with Gasteiger partial charge in [-0.15, -0.1) is 0 Å². The number of fused-ring (bicyclic) bond motifs is 1. The number of carbonyl (C=O) groups is 1. The molecular weight excluding hydrogens is 252 g/mol. The molecule has 20 heavy (non-hydrogen) atoms. The van der Waals surface area contributed by atoms with Crippen LogP contribution < -0.4 is 10.1 Å². The van der Waals surface area contributed by atoms with E-state index in [4.69, 9.17) is 4.74 Å². The van der Waals surface area contributed by atoms with Crippen LogP contribution in [0.1, 0.15) is 37.6 Å². The summed E-state index contributed by atoms with van der Waals surface area (Å²) in [6.07, 6.45) is 0.950. The highest BCUT2D eigenvalue weighted by Crippen LogP contribution is 2.22. The van der Waals surface area contributed by atoms with Crippen LogP contribution in [0.2, 0.25) is 0 Å². The van der Waals surface area contributed by atoms with Crippen molar-refractivity contribution in [1.82, 2.24) is 10.2 Å². The first-order valence-electron chi connectivity index (χ1n) is 7.23. The van der Waals surface area contributed by atoms with Crippen molar-refractivity contribution in [3.8, 4) is 5.75 Å². The zero-order valence-corrected chi connectivity index (χ0v) is 12.6. The van der Waals surface area contributed by atoms with E-state index in [1.807, 2.05) is 29.2 Å². The van der Waals surface area contributed by atoms with Crippen molar-refractivity contribution in [1.29, 1.82) is 0 Å². The van der Waals surface area contributed by atoms with Gasteiger partial charge >= 0.3 is 0 Å². The van der Waals surface area contributed by atoms with Crippen LogP contribution in [0.25, 0.3) is 0 Å². The molecular formula is C16H24N2O2. The van der Waals surface area contributed by atoms with E-state index in [0.717, 1.165) is 19.5 Å². The fourth-order valence-corrected chi connectivity index (χ4v) is 2.25. The number of hydrogen-bond donors (Lipinski definition) is 1. The molecule has 1 aliphatic heterocycles. The predicted molar refractivity (Wildman–Crippen MR) is 80.2 cm³/mol. The highest BCUT2D eigenvalue weighted by Gasteiger charge is 2.22. The molecule has 110 valence electrons. The van der Waals surface area contributed by atoms with Gasteiger partial charge in [0.05, 0.1) is 12.1 Å². The summed E-state index contributed by atoms with van der Waals surface area (Å²) in [5.41, 5.74) is 0.798. The van der Waals surface area contributed by atoms with Crippen LogP contribution in [-0.2, 0) is 0 Å². The Balaban J connectivity index is 1.91. The third kappa shape index (κ3) is 3.97. The van der Waals surface area contributed by atoms with E-state index in [-0.39, 0.29) is 11.4 Å². The molecule has 0 bridgehead atoms. The van der Waals surface area contributed by atoms with Gasteiger partial charge in [-0.25, -0.2) is 0 Å². The van der Waals surface area contributed by atoms with Gasteiger partial charge in [-0.05, 0) is 45.9 Å². The first-order valence-corrected chi connectivity index (χ1v) is 7.23. The number of nitrogens with one attached hydrogen (secondary N) is 1. The lowest BCUT2D eigenvalue weighted by Crippen LogP contribution is -2.39. The van der Waals surface area contributed by atoms with E-state index in [1.54, 1.807) is 0 Å². The van der Waals surface area contributed by atoms with E-state index >= 15 is 0 Å². The van der Waals surface area contributed by atoms with Crippen molar-refractivity contribution < 1.29 is 9.53 Å². The number of para-hydroxylation sites is 1. The van der Waals surface area contributed by atoms with Gasteiger partial charge in [-0.1, -0.05) is 12.1 Å². The molecule has 4 heteroatoms. The number of hydrogen-bond acceptors (Lipinski definition) is 3. The van der Waals surface area contributed by atoms with Crippen molar-refractivity contribution in [2.75, 3.05) is 26.2 Å². The Morgan fingerprint density at radius 1 is 1.30 bits per heavy atom. The molecule has 4 nitrogen and oxygen atoms in total. The number of amides is 1. The Labute approximate surface area is 121 Å². The predicted octanol–water partition coefficient (Wildman–Crippen LogP) is 2.30. The molecule has 1 aromatic rings. The van der Waals surface area contributed by atoms with Crippen LogP contribution in [0.4, 0.5) is 0 Å². The fraction of sp³-hybridized carbons (Fsp3) is 0.562. The van der Waals surface area contributed by atoms with Crippen LogP contribution in [0.5, 0.6) is 5.75 Å². The second-order valence-corrected chi connectivity index (χ2v) is 6.17. The van der Waals surface area contributed by atoms with Gasteiger partial charge in [-0.3, -0.25) is 4.79 Å². The number of benzene rings is 1. The zero-order valence-electron chi connectivity index (χ0n) is 12.6. The molecule has 0 aromatic heterocycles. The second-order valence-electron chi connectivity index (χ2n) is 6.17. The quantitative estimate of drug-likeness (QED) is 0.858. The molecule has 1 aromatic carbocycles. The third-order valence-electron chi connectivity index (χ3n) is 3.28. The Morgan fingerprint density at radius 2 is 2.05 bits per heavy atom. The Morgan fingerprint density at radius 3 is 2.80 bits per heavy atom. The SMILES string of the molecule is CC(C)(C)NCCCN1CCOc2ccccc2C1=O. The lowest BCUT2D eigenvalue weighted by atomic mass is 10.1. The summed E-state index contributed by atoms with van der Waals surface area (Å²) in [6, 6.07) is 7.47. The van der Waals surface area contributed by atoms with E-state index in [0.29, 0.717) is 24.5 Å². The Kier molecular flexibility index (Phi) is 4.65. The minimum Gasteiger partial charge on any atom is -0.491 e. The maximum Gasteiger partial charge on any atom is 0.257 e. The third-order valence-corrected chi connectivity index (χ3v) is 3.28. The molecule has 1 N–H and O–H groups in total. The standard InChI is InChI=1S/C16H24N2O2/c1-16(2,3)17-9-6-10-18-11-12-20-14-8-5-4-7-13(14)15(18)19/h4-5,7-8,17H,6,9-12H2,1-3H3. The van der Waals surface area contributed by atoms with Crippen LogP contribution >= 0.6 is 0 Å². The average Bonchev–Trinajstić information content (AvgIpc) is 2.54. The van der Waals surface area contributed by atoms with E-state index in [9.17, 15) is 4.79 Å². The number of ether oxygens (including phenoxy) is 1. The summed E-state index contributed by atoms with van der Waals surface area (Å²) in [5, 5.41) is 3.44. The van der Waals surface area contributed by atoms with Crippen LogP contribution in [0, 0.1) is 0 Å². The smallest absolute Gasteiger partial charge is 0.257 e. The van der Waals surface area contributed by atoms with Gasteiger partial charge < -0.3 is 15.0 Å². The number of carbonyl (C=O) groups excluding carboxylic acids is 1. The summed E-state index contributed by atoms with van der Waals surface area (Å²) in [7, 11) is 0. The first kappa shape index (κ1) is 14.9. The molecule has 0 atom stereocenters. The summed E-state index contributed by atoms with van der Waals surface area (Å²) >= 11 is 0. The maximum absolute atomic E-state index is 12.5. The summed E-state index contributed by atoms with van der Waals surface area (Å²) in [6.45, 7) is 9.34. The molecule has 1 amide bonds. The molecule has 0 fully saturated rings. The minimum atomic E-state index is 0.0776. The minimum absolute atomic E-state index is 0.0776. The molecule has 0 spiro atoms. The van der Waals surface area contributed by atoms with Crippen LogP contribution in [-0.4, -0.2) is 42.6 Å². The van der Waals surface area contributed by atoms with Crippen molar-refractivity contribution >= 4 is 5.91 Å². The van der Waals surface area contributed by atoms with Gasteiger partial charge in [0.2, 0.25) is 0 Å². The van der Waals surface area contributed by atoms with Gasteiger partial charge in [0, 0.05) is 12.1 Å². The molecule has 0 aliphatic carbocycles. The lowest BCUT2D eigenvalue weighted by Gasteiger charge is -2.23. The van der Waals surface area contributed by atoms with Gasteiger partial charge in [0.15, 0.2) is 0 Å². The molecule has 0 saturated heterocycles. The maximum atomic E-state index is 12.5. The van der Waals surface area contributed by atoms with Crippen LogP contribution in [0.3, 0.4) is 0 Å².